The summed E-state index contributed by atoms with van der Waals surface area (Å²) in [6, 6.07) is 6.52. The standard InChI is InChI=1S/C18H24N4O3S/c1-12(2)18-20-19-17-10-13-4-5-14(11-21(17)18)22(13)26(23,24)16-8-6-15(25-3)7-9-16/h6-9,12-14H,4-5,10-11H2,1-3H3. The summed E-state index contributed by atoms with van der Waals surface area (Å²) in [7, 11) is -1.99. The van der Waals surface area contributed by atoms with E-state index in [9.17, 15) is 8.42 Å². The SMILES string of the molecule is COc1ccc(S(=O)(=O)N2C3CCC2Cn2c(nnc2C(C)C)C3)cc1. The topological polar surface area (TPSA) is 77.3 Å². The van der Waals surface area contributed by atoms with Crippen molar-refractivity contribution in [2.75, 3.05) is 7.11 Å². The van der Waals surface area contributed by atoms with Crippen molar-refractivity contribution in [2.45, 2.75) is 62.6 Å². The van der Waals surface area contributed by atoms with Crippen molar-refractivity contribution >= 4 is 10.0 Å². The van der Waals surface area contributed by atoms with Gasteiger partial charge in [-0.2, -0.15) is 4.31 Å². The van der Waals surface area contributed by atoms with Crippen molar-refractivity contribution in [3.63, 3.8) is 0 Å². The fourth-order valence-electron chi connectivity index (χ4n) is 4.11. The molecular formula is C18H24N4O3S. The minimum Gasteiger partial charge on any atom is -0.497 e. The lowest BCUT2D eigenvalue weighted by Crippen LogP contribution is -2.42. The molecule has 2 bridgehead atoms. The molecule has 1 aromatic heterocycles. The van der Waals surface area contributed by atoms with Crippen molar-refractivity contribution in [1.29, 1.82) is 0 Å². The molecule has 26 heavy (non-hydrogen) atoms. The summed E-state index contributed by atoms with van der Waals surface area (Å²) in [6.07, 6.45) is 2.35. The second-order valence-electron chi connectivity index (χ2n) is 7.34. The number of nitrogens with zero attached hydrogens (tertiary/aromatic N) is 4. The smallest absolute Gasteiger partial charge is 0.243 e. The van der Waals surface area contributed by atoms with Gasteiger partial charge in [0, 0.05) is 31.0 Å². The molecule has 0 saturated carbocycles. The van der Waals surface area contributed by atoms with E-state index >= 15 is 0 Å². The largest absolute Gasteiger partial charge is 0.497 e. The van der Waals surface area contributed by atoms with Crippen molar-refractivity contribution in [3.05, 3.63) is 35.9 Å². The quantitative estimate of drug-likeness (QED) is 0.817. The van der Waals surface area contributed by atoms with Crippen LogP contribution in [0.1, 0.15) is 44.3 Å². The summed E-state index contributed by atoms with van der Waals surface area (Å²) in [6.45, 7) is 4.81. The molecule has 0 aliphatic carbocycles. The van der Waals surface area contributed by atoms with E-state index < -0.39 is 10.0 Å². The first-order chi connectivity index (χ1) is 12.4. The minimum atomic E-state index is -3.56. The molecular weight excluding hydrogens is 352 g/mol. The van der Waals surface area contributed by atoms with E-state index in [1.165, 1.54) is 0 Å². The maximum Gasteiger partial charge on any atom is 0.243 e. The van der Waals surface area contributed by atoms with Crippen LogP contribution in [-0.2, 0) is 23.0 Å². The molecule has 2 aromatic rings. The van der Waals surface area contributed by atoms with Gasteiger partial charge in [0.15, 0.2) is 0 Å². The summed E-state index contributed by atoms with van der Waals surface area (Å²) in [5.74, 6) is 2.75. The maximum absolute atomic E-state index is 13.3. The third-order valence-electron chi connectivity index (χ3n) is 5.37. The molecule has 2 aliphatic heterocycles. The first-order valence-corrected chi connectivity index (χ1v) is 10.5. The zero-order chi connectivity index (χ0) is 18.5. The van der Waals surface area contributed by atoms with E-state index in [0.29, 0.717) is 23.6 Å². The van der Waals surface area contributed by atoms with Gasteiger partial charge >= 0.3 is 0 Å². The highest BCUT2D eigenvalue weighted by Crippen LogP contribution is 2.37. The van der Waals surface area contributed by atoms with Gasteiger partial charge in [-0.05, 0) is 37.1 Å². The molecule has 4 rings (SSSR count). The molecule has 0 amide bonds. The minimum absolute atomic E-state index is 0.0538. The van der Waals surface area contributed by atoms with Gasteiger partial charge in [0.25, 0.3) is 0 Å². The Bertz CT molecular complexity index is 905. The van der Waals surface area contributed by atoms with E-state index in [1.807, 2.05) is 0 Å². The summed E-state index contributed by atoms with van der Waals surface area (Å²) in [5.41, 5.74) is 0. The second kappa shape index (κ2) is 6.35. The zero-order valence-electron chi connectivity index (χ0n) is 15.3. The van der Waals surface area contributed by atoms with Crippen molar-refractivity contribution in [1.82, 2.24) is 19.1 Å². The lowest BCUT2D eigenvalue weighted by molar-refractivity contribution is 0.313. The molecule has 2 atom stereocenters. The van der Waals surface area contributed by atoms with Gasteiger partial charge in [-0.25, -0.2) is 8.42 Å². The predicted molar refractivity (Wildman–Crippen MR) is 96.6 cm³/mol. The van der Waals surface area contributed by atoms with Crippen LogP contribution < -0.4 is 4.74 Å². The normalized spacial score (nSPS) is 23.1. The van der Waals surface area contributed by atoms with Crippen LogP contribution in [0, 0.1) is 0 Å². The highest BCUT2D eigenvalue weighted by Gasteiger charge is 2.45. The average Bonchev–Trinajstić information content (AvgIpc) is 3.15. The van der Waals surface area contributed by atoms with Crippen LogP contribution in [0.15, 0.2) is 29.2 Å². The first kappa shape index (κ1) is 17.5. The van der Waals surface area contributed by atoms with Crippen LogP contribution in [0.2, 0.25) is 0 Å². The maximum atomic E-state index is 13.3. The number of rotatable bonds is 4. The first-order valence-electron chi connectivity index (χ1n) is 9.01. The monoisotopic (exact) mass is 376 g/mol. The number of fused-ring (bicyclic) bond motifs is 3. The van der Waals surface area contributed by atoms with Crippen molar-refractivity contribution < 1.29 is 13.2 Å². The van der Waals surface area contributed by atoms with Crippen molar-refractivity contribution in [3.8, 4) is 5.75 Å². The third-order valence-corrected chi connectivity index (χ3v) is 7.39. The number of hydrogen-bond acceptors (Lipinski definition) is 5. The van der Waals surface area contributed by atoms with E-state index in [1.54, 1.807) is 35.7 Å². The van der Waals surface area contributed by atoms with Crippen LogP contribution in [0.5, 0.6) is 5.75 Å². The number of hydrogen-bond donors (Lipinski definition) is 0. The van der Waals surface area contributed by atoms with Crippen LogP contribution in [0.25, 0.3) is 0 Å². The Morgan fingerprint density at radius 2 is 1.81 bits per heavy atom. The van der Waals surface area contributed by atoms with Crippen LogP contribution in [-0.4, -0.2) is 46.7 Å². The fourth-order valence-corrected chi connectivity index (χ4v) is 5.97. The molecule has 0 radical (unpaired) electrons. The Balaban J connectivity index is 1.70. The molecule has 7 nitrogen and oxygen atoms in total. The Morgan fingerprint density at radius 1 is 1.12 bits per heavy atom. The van der Waals surface area contributed by atoms with Gasteiger partial charge in [-0.15, -0.1) is 10.2 Å². The van der Waals surface area contributed by atoms with Gasteiger partial charge in [0.1, 0.15) is 17.4 Å². The summed E-state index contributed by atoms with van der Waals surface area (Å²) < 4.78 is 35.7. The van der Waals surface area contributed by atoms with E-state index in [4.69, 9.17) is 4.74 Å². The Morgan fingerprint density at radius 3 is 2.46 bits per heavy atom. The number of aromatic nitrogens is 3. The fraction of sp³-hybridized carbons (Fsp3) is 0.556. The third kappa shape index (κ3) is 2.72. The van der Waals surface area contributed by atoms with Gasteiger partial charge in [0.2, 0.25) is 10.0 Å². The van der Waals surface area contributed by atoms with Gasteiger partial charge in [0.05, 0.1) is 12.0 Å². The lowest BCUT2D eigenvalue weighted by Gasteiger charge is -2.27. The highest BCUT2D eigenvalue weighted by molar-refractivity contribution is 7.89. The van der Waals surface area contributed by atoms with Crippen LogP contribution in [0.4, 0.5) is 0 Å². The molecule has 140 valence electrons. The average molecular weight is 376 g/mol. The van der Waals surface area contributed by atoms with Crippen molar-refractivity contribution in [2.24, 2.45) is 0 Å². The Labute approximate surface area is 154 Å². The highest BCUT2D eigenvalue weighted by atomic mass is 32.2. The van der Waals surface area contributed by atoms with E-state index in [0.717, 1.165) is 24.5 Å². The molecule has 2 unspecified atom stereocenters. The predicted octanol–water partition coefficient (Wildman–Crippen LogP) is 2.19. The van der Waals surface area contributed by atoms with Crippen LogP contribution >= 0.6 is 0 Å². The van der Waals surface area contributed by atoms with Gasteiger partial charge in [-0.1, -0.05) is 13.8 Å². The van der Waals surface area contributed by atoms with E-state index in [-0.39, 0.29) is 18.0 Å². The second-order valence-corrected chi connectivity index (χ2v) is 9.18. The summed E-state index contributed by atoms with van der Waals surface area (Å²) >= 11 is 0. The van der Waals surface area contributed by atoms with Gasteiger partial charge < -0.3 is 9.30 Å². The number of methoxy groups -OCH3 is 1. The van der Waals surface area contributed by atoms with Gasteiger partial charge in [-0.3, -0.25) is 0 Å². The molecule has 0 N–H and O–H groups in total. The molecule has 1 fully saturated rings. The molecule has 0 spiro atoms. The Hall–Kier alpha value is -1.93. The number of sulfonamides is 1. The molecule has 1 aromatic carbocycles. The molecule has 1 saturated heterocycles. The zero-order valence-corrected chi connectivity index (χ0v) is 16.1. The number of benzene rings is 1. The summed E-state index contributed by atoms with van der Waals surface area (Å²) in [5, 5.41) is 8.67. The summed E-state index contributed by atoms with van der Waals surface area (Å²) in [4.78, 5) is 0.317. The Kier molecular flexibility index (Phi) is 4.27. The number of ether oxygens (including phenoxy) is 1. The van der Waals surface area contributed by atoms with E-state index in [2.05, 4.69) is 28.6 Å². The molecule has 2 aliphatic rings. The van der Waals surface area contributed by atoms with Crippen LogP contribution in [0.3, 0.4) is 0 Å². The lowest BCUT2D eigenvalue weighted by atomic mass is 10.1. The molecule has 3 heterocycles. The molecule has 8 heteroatoms.